The summed E-state index contributed by atoms with van der Waals surface area (Å²) in [6, 6.07) is 0. The van der Waals surface area contributed by atoms with Gasteiger partial charge in [-0.2, -0.15) is 0 Å². The topological polar surface area (TPSA) is 36.1 Å². The molecule has 12 heavy (non-hydrogen) atoms. The molecule has 0 aromatic rings. The van der Waals surface area contributed by atoms with E-state index in [-0.39, 0.29) is 0 Å². The number of hydrogen-bond acceptors (Lipinski definition) is 3. The standard InChI is InChI=1S/C9H19N3/c1-2-9(11-4-1)12-7-8-3-5-10-6-8/h8-12H,1-7H2. The fourth-order valence-electron chi connectivity index (χ4n) is 2.06. The predicted molar refractivity (Wildman–Crippen MR) is 50.0 cm³/mol. The highest BCUT2D eigenvalue weighted by atomic mass is 15.1. The SMILES string of the molecule is C1CNC(NCC2CCNC2)C1. The van der Waals surface area contributed by atoms with Gasteiger partial charge >= 0.3 is 0 Å². The van der Waals surface area contributed by atoms with Gasteiger partial charge in [-0.1, -0.05) is 0 Å². The van der Waals surface area contributed by atoms with Crippen LogP contribution in [0.3, 0.4) is 0 Å². The molecule has 2 saturated heterocycles. The van der Waals surface area contributed by atoms with E-state index in [1.165, 1.54) is 45.4 Å². The summed E-state index contributed by atoms with van der Waals surface area (Å²) in [4.78, 5) is 0. The molecule has 0 aromatic carbocycles. The zero-order chi connectivity index (χ0) is 8.23. The molecule has 2 atom stereocenters. The van der Waals surface area contributed by atoms with Crippen molar-refractivity contribution in [2.45, 2.75) is 25.4 Å². The van der Waals surface area contributed by atoms with Gasteiger partial charge in [0.25, 0.3) is 0 Å². The average Bonchev–Trinajstić information content (AvgIpc) is 2.74. The van der Waals surface area contributed by atoms with E-state index in [2.05, 4.69) is 16.0 Å². The molecule has 0 radical (unpaired) electrons. The van der Waals surface area contributed by atoms with Crippen molar-refractivity contribution >= 4 is 0 Å². The largest absolute Gasteiger partial charge is 0.316 e. The molecule has 0 aromatic heterocycles. The second kappa shape index (κ2) is 4.21. The molecule has 3 N–H and O–H groups in total. The van der Waals surface area contributed by atoms with Crippen LogP contribution in [-0.4, -0.2) is 32.3 Å². The Morgan fingerprint density at radius 3 is 2.92 bits per heavy atom. The molecule has 2 aliphatic heterocycles. The minimum absolute atomic E-state index is 0.602. The molecule has 3 nitrogen and oxygen atoms in total. The van der Waals surface area contributed by atoms with E-state index in [0.29, 0.717) is 6.17 Å². The first kappa shape index (κ1) is 8.48. The molecule has 2 heterocycles. The van der Waals surface area contributed by atoms with E-state index in [1.807, 2.05) is 0 Å². The highest BCUT2D eigenvalue weighted by Crippen LogP contribution is 2.07. The van der Waals surface area contributed by atoms with Gasteiger partial charge in [-0.3, -0.25) is 0 Å². The molecular weight excluding hydrogens is 150 g/mol. The van der Waals surface area contributed by atoms with E-state index < -0.39 is 0 Å². The first-order valence-electron chi connectivity index (χ1n) is 5.12. The Morgan fingerprint density at radius 2 is 2.25 bits per heavy atom. The van der Waals surface area contributed by atoms with Crippen LogP contribution in [0, 0.1) is 5.92 Å². The zero-order valence-electron chi connectivity index (χ0n) is 7.60. The van der Waals surface area contributed by atoms with Gasteiger partial charge in [0.1, 0.15) is 0 Å². The van der Waals surface area contributed by atoms with Gasteiger partial charge in [-0.05, 0) is 44.8 Å². The Hall–Kier alpha value is -0.120. The molecule has 0 aliphatic carbocycles. The summed E-state index contributed by atoms with van der Waals surface area (Å²) in [5.74, 6) is 0.868. The fraction of sp³-hybridized carbons (Fsp3) is 1.00. The summed E-state index contributed by atoms with van der Waals surface area (Å²) in [6.45, 7) is 4.80. The maximum absolute atomic E-state index is 3.57. The third-order valence-electron chi connectivity index (χ3n) is 2.88. The van der Waals surface area contributed by atoms with Crippen molar-refractivity contribution in [1.29, 1.82) is 0 Å². The molecule has 2 aliphatic rings. The molecule has 0 bridgehead atoms. The number of hydrogen-bond donors (Lipinski definition) is 3. The third-order valence-corrected chi connectivity index (χ3v) is 2.88. The van der Waals surface area contributed by atoms with Crippen LogP contribution in [-0.2, 0) is 0 Å². The van der Waals surface area contributed by atoms with Crippen molar-refractivity contribution in [1.82, 2.24) is 16.0 Å². The van der Waals surface area contributed by atoms with Crippen LogP contribution in [0.15, 0.2) is 0 Å². The predicted octanol–water partition coefficient (Wildman–Crippen LogP) is -0.105. The Balaban J connectivity index is 1.60. The minimum Gasteiger partial charge on any atom is -0.316 e. The zero-order valence-corrected chi connectivity index (χ0v) is 7.60. The van der Waals surface area contributed by atoms with Crippen molar-refractivity contribution in [3.8, 4) is 0 Å². The van der Waals surface area contributed by atoms with E-state index in [9.17, 15) is 0 Å². The Bertz CT molecular complexity index is 110. The van der Waals surface area contributed by atoms with Gasteiger partial charge in [-0.25, -0.2) is 0 Å². The van der Waals surface area contributed by atoms with Crippen molar-refractivity contribution < 1.29 is 0 Å². The molecule has 70 valence electrons. The van der Waals surface area contributed by atoms with Crippen LogP contribution < -0.4 is 16.0 Å². The lowest BCUT2D eigenvalue weighted by molar-refractivity contribution is 0.425. The van der Waals surface area contributed by atoms with Crippen molar-refractivity contribution in [2.24, 2.45) is 5.92 Å². The van der Waals surface area contributed by atoms with Crippen LogP contribution in [0.25, 0.3) is 0 Å². The maximum atomic E-state index is 3.57. The summed E-state index contributed by atoms with van der Waals surface area (Å²) in [5, 5.41) is 10.4. The lowest BCUT2D eigenvalue weighted by Gasteiger charge is -2.15. The molecule has 0 saturated carbocycles. The van der Waals surface area contributed by atoms with Gasteiger partial charge in [0.15, 0.2) is 0 Å². The summed E-state index contributed by atoms with van der Waals surface area (Å²) < 4.78 is 0. The van der Waals surface area contributed by atoms with Gasteiger partial charge in [0.2, 0.25) is 0 Å². The quantitative estimate of drug-likeness (QED) is 0.552. The van der Waals surface area contributed by atoms with Crippen molar-refractivity contribution in [3.63, 3.8) is 0 Å². The van der Waals surface area contributed by atoms with Gasteiger partial charge in [0.05, 0.1) is 6.17 Å². The van der Waals surface area contributed by atoms with Crippen LogP contribution in [0.4, 0.5) is 0 Å². The van der Waals surface area contributed by atoms with E-state index in [4.69, 9.17) is 0 Å². The third kappa shape index (κ3) is 2.19. The van der Waals surface area contributed by atoms with Crippen LogP contribution in [0.1, 0.15) is 19.3 Å². The first-order chi connectivity index (χ1) is 5.95. The van der Waals surface area contributed by atoms with Crippen LogP contribution in [0.5, 0.6) is 0 Å². The first-order valence-corrected chi connectivity index (χ1v) is 5.12. The van der Waals surface area contributed by atoms with E-state index >= 15 is 0 Å². The van der Waals surface area contributed by atoms with Crippen molar-refractivity contribution in [2.75, 3.05) is 26.2 Å². The molecule has 2 fully saturated rings. The lowest BCUT2D eigenvalue weighted by atomic mass is 10.1. The molecule has 2 unspecified atom stereocenters. The smallest absolute Gasteiger partial charge is 0.0572 e. The minimum atomic E-state index is 0.602. The average molecular weight is 169 g/mol. The fourth-order valence-corrected chi connectivity index (χ4v) is 2.06. The lowest BCUT2D eigenvalue weighted by Crippen LogP contribution is -2.40. The van der Waals surface area contributed by atoms with E-state index in [1.54, 1.807) is 0 Å². The number of rotatable bonds is 3. The number of nitrogens with one attached hydrogen (secondary N) is 3. The Labute approximate surface area is 74.3 Å². The molecule has 2 rings (SSSR count). The Kier molecular flexibility index (Phi) is 2.98. The Morgan fingerprint density at radius 1 is 1.25 bits per heavy atom. The summed E-state index contributed by atoms with van der Waals surface area (Å²) >= 11 is 0. The highest BCUT2D eigenvalue weighted by Gasteiger charge is 2.17. The molecule has 0 amide bonds. The van der Waals surface area contributed by atoms with Crippen LogP contribution >= 0.6 is 0 Å². The van der Waals surface area contributed by atoms with Crippen molar-refractivity contribution in [3.05, 3.63) is 0 Å². The van der Waals surface area contributed by atoms with Crippen LogP contribution in [0.2, 0.25) is 0 Å². The maximum Gasteiger partial charge on any atom is 0.0572 e. The summed E-state index contributed by atoms with van der Waals surface area (Å²) in [5.41, 5.74) is 0. The van der Waals surface area contributed by atoms with E-state index in [0.717, 1.165) is 5.92 Å². The summed E-state index contributed by atoms with van der Waals surface area (Å²) in [7, 11) is 0. The second-order valence-electron chi connectivity index (χ2n) is 3.92. The van der Waals surface area contributed by atoms with Gasteiger partial charge < -0.3 is 16.0 Å². The monoisotopic (exact) mass is 169 g/mol. The second-order valence-corrected chi connectivity index (χ2v) is 3.92. The van der Waals surface area contributed by atoms with Gasteiger partial charge in [-0.15, -0.1) is 0 Å². The molecular formula is C9H19N3. The molecule has 0 spiro atoms. The van der Waals surface area contributed by atoms with Gasteiger partial charge in [0, 0.05) is 6.54 Å². The normalized spacial score (nSPS) is 36.0. The highest BCUT2D eigenvalue weighted by molar-refractivity contribution is 4.77. The summed E-state index contributed by atoms with van der Waals surface area (Å²) in [6.07, 6.45) is 4.59. The molecule has 3 heteroatoms.